The van der Waals surface area contributed by atoms with Gasteiger partial charge in [-0.3, -0.25) is 0 Å². The third-order valence-corrected chi connectivity index (χ3v) is 3.97. The van der Waals surface area contributed by atoms with Crippen LogP contribution >= 0.6 is 23.2 Å². The fourth-order valence-corrected chi connectivity index (χ4v) is 2.84. The molecule has 0 spiro atoms. The highest BCUT2D eigenvalue weighted by Crippen LogP contribution is 2.38. The van der Waals surface area contributed by atoms with Crippen LogP contribution in [0.4, 0.5) is 4.39 Å². The quantitative estimate of drug-likeness (QED) is 0.759. The number of benzene rings is 1. The molecule has 1 heterocycles. The van der Waals surface area contributed by atoms with E-state index >= 15 is 0 Å². The van der Waals surface area contributed by atoms with E-state index in [1.54, 1.807) is 0 Å². The third kappa shape index (κ3) is 2.20. The van der Waals surface area contributed by atoms with Gasteiger partial charge in [-0.2, -0.15) is 0 Å². The van der Waals surface area contributed by atoms with Gasteiger partial charge in [-0.05, 0) is 49.0 Å². The minimum Gasteiger partial charge on any atom is -0.317 e. The molecule has 0 unspecified atom stereocenters. The predicted octanol–water partition coefficient (Wildman–Crippen LogP) is 3.77. The van der Waals surface area contributed by atoms with Gasteiger partial charge in [0, 0.05) is 5.02 Å². The van der Waals surface area contributed by atoms with E-state index in [1.807, 2.05) is 0 Å². The zero-order valence-electron chi connectivity index (χ0n) is 9.12. The lowest BCUT2D eigenvalue weighted by Gasteiger charge is -2.35. The van der Waals surface area contributed by atoms with E-state index in [1.165, 1.54) is 12.1 Å². The molecule has 1 N–H and O–H groups in total. The standard InChI is InChI=1S/C12H14Cl2FN/c1-12(2-4-16-5-3-12)8-6-11(15)10(14)7-9(8)13/h6-7,16H,2-5H2,1H3. The Morgan fingerprint density at radius 1 is 1.19 bits per heavy atom. The van der Waals surface area contributed by atoms with Crippen LogP contribution in [-0.4, -0.2) is 13.1 Å². The van der Waals surface area contributed by atoms with Gasteiger partial charge in [0.2, 0.25) is 0 Å². The van der Waals surface area contributed by atoms with Crippen molar-refractivity contribution in [1.82, 2.24) is 5.32 Å². The van der Waals surface area contributed by atoms with Crippen LogP contribution in [0.1, 0.15) is 25.3 Å². The Kier molecular flexibility index (Phi) is 3.43. The summed E-state index contributed by atoms with van der Waals surface area (Å²) >= 11 is 11.9. The summed E-state index contributed by atoms with van der Waals surface area (Å²) in [7, 11) is 0. The molecule has 0 saturated carbocycles. The van der Waals surface area contributed by atoms with Crippen molar-refractivity contribution in [3.8, 4) is 0 Å². The summed E-state index contributed by atoms with van der Waals surface area (Å²) in [5, 5.41) is 3.95. The minimum atomic E-state index is -0.388. The van der Waals surface area contributed by atoms with E-state index in [0.29, 0.717) is 5.02 Å². The Bertz CT molecular complexity index is 400. The number of rotatable bonds is 1. The van der Waals surface area contributed by atoms with Crippen molar-refractivity contribution in [1.29, 1.82) is 0 Å². The Labute approximate surface area is 105 Å². The SMILES string of the molecule is CC1(c2cc(F)c(Cl)cc2Cl)CCNCC1. The Hall–Kier alpha value is -0.310. The molecular formula is C12H14Cl2FN. The lowest BCUT2D eigenvalue weighted by Crippen LogP contribution is -2.37. The molecule has 1 aromatic rings. The smallest absolute Gasteiger partial charge is 0.142 e. The first-order valence-corrected chi connectivity index (χ1v) is 6.14. The van der Waals surface area contributed by atoms with Crippen LogP contribution < -0.4 is 5.32 Å². The van der Waals surface area contributed by atoms with Crippen LogP contribution in [0.5, 0.6) is 0 Å². The van der Waals surface area contributed by atoms with Crippen molar-refractivity contribution in [2.45, 2.75) is 25.2 Å². The number of hydrogen-bond donors (Lipinski definition) is 1. The second-order valence-corrected chi connectivity index (χ2v) is 5.37. The Morgan fingerprint density at radius 2 is 1.81 bits per heavy atom. The Morgan fingerprint density at radius 3 is 2.44 bits per heavy atom. The molecule has 0 aromatic heterocycles. The molecule has 1 nitrogen and oxygen atoms in total. The number of hydrogen-bond acceptors (Lipinski definition) is 1. The van der Waals surface area contributed by atoms with E-state index in [4.69, 9.17) is 23.2 Å². The van der Waals surface area contributed by atoms with Gasteiger partial charge in [-0.1, -0.05) is 30.1 Å². The zero-order chi connectivity index (χ0) is 11.8. The average Bonchev–Trinajstić information content (AvgIpc) is 2.24. The van der Waals surface area contributed by atoms with E-state index < -0.39 is 0 Å². The van der Waals surface area contributed by atoms with Gasteiger partial charge in [0.05, 0.1) is 5.02 Å². The summed E-state index contributed by atoms with van der Waals surface area (Å²) in [5.74, 6) is -0.388. The highest BCUT2D eigenvalue weighted by atomic mass is 35.5. The molecule has 0 aliphatic carbocycles. The summed E-state index contributed by atoms with van der Waals surface area (Å²) in [6.07, 6.45) is 1.93. The molecule has 1 saturated heterocycles. The number of piperidine rings is 1. The van der Waals surface area contributed by atoms with Crippen LogP contribution in [0.3, 0.4) is 0 Å². The lowest BCUT2D eigenvalue weighted by molar-refractivity contribution is 0.334. The average molecular weight is 262 g/mol. The first-order valence-electron chi connectivity index (χ1n) is 5.39. The van der Waals surface area contributed by atoms with Gasteiger partial charge in [-0.15, -0.1) is 0 Å². The monoisotopic (exact) mass is 261 g/mol. The molecule has 1 aliphatic rings. The molecule has 1 fully saturated rings. The molecule has 1 aliphatic heterocycles. The first kappa shape index (κ1) is 12.2. The van der Waals surface area contributed by atoms with Crippen molar-refractivity contribution >= 4 is 23.2 Å². The van der Waals surface area contributed by atoms with E-state index in [-0.39, 0.29) is 16.3 Å². The molecular weight excluding hydrogens is 248 g/mol. The normalized spacial score (nSPS) is 19.8. The van der Waals surface area contributed by atoms with Gasteiger partial charge in [-0.25, -0.2) is 4.39 Å². The molecule has 1 aromatic carbocycles. The van der Waals surface area contributed by atoms with Gasteiger partial charge >= 0.3 is 0 Å². The molecule has 4 heteroatoms. The highest BCUT2D eigenvalue weighted by Gasteiger charge is 2.31. The van der Waals surface area contributed by atoms with Gasteiger partial charge in [0.15, 0.2) is 0 Å². The Balaban J connectivity index is 2.42. The molecule has 2 rings (SSSR count). The van der Waals surface area contributed by atoms with E-state index in [2.05, 4.69) is 12.2 Å². The summed E-state index contributed by atoms with van der Waals surface area (Å²) in [6, 6.07) is 2.98. The largest absolute Gasteiger partial charge is 0.317 e. The fraction of sp³-hybridized carbons (Fsp3) is 0.500. The van der Waals surface area contributed by atoms with Gasteiger partial charge in [0.1, 0.15) is 5.82 Å². The fourth-order valence-electron chi connectivity index (χ4n) is 2.23. The molecule has 16 heavy (non-hydrogen) atoms. The maximum absolute atomic E-state index is 13.5. The maximum Gasteiger partial charge on any atom is 0.142 e. The van der Waals surface area contributed by atoms with E-state index in [0.717, 1.165) is 31.5 Å². The minimum absolute atomic E-state index is 0.0479. The lowest BCUT2D eigenvalue weighted by atomic mass is 9.75. The van der Waals surface area contributed by atoms with Crippen LogP contribution in [0.15, 0.2) is 12.1 Å². The summed E-state index contributed by atoms with van der Waals surface area (Å²) in [6.45, 7) is 4.01. The highest BCUT2D eigenvalue weighted by molar-refractivity contribution is 6.35. The second kappa shape index (κ2) is 4.52. The summed E-state index contributed by atoms with van der Waals surface area (Å²) in [4.78, 5) is 0. The summed E-state index contributed by atoms with van der Waals surface area (Å²) in [5.41, 5.74) is 0.825. The molecule has 0 bridgehead atoms. The zero-order valence-corrected chi connectivity index (χ0v) is 10.6. The predicted molar refractivity (Wildman–Crippen MR) is 65.9 cm³/mol. The topological polar surface area (TPSA) is 12.0 Å². The molecule has 88 valence electrons. The summed E-state index contributed by atoms with van der Waals surface area (Å²) < 4.78 is 13.5. The number of halogens is 3. The van der Waals surface area contributed by atoms with Crippen molar-refractivity contribution < 1.29 is 4.39 Å². The van der Waals surface area contributed by atoms with Gasteiger partial charge < -0.3 is 5.32 Å². The maximum atomic E-state index is 13.5. The van der Waals surface area contributed by atoms with Crippen molar-refractivity contribution in [2.24, 2.45) is 0 Å². The number of nitrogens with one attached hydrogen (secondary N) is 1. The van der Waals surface area contributed by atoms with E-state index in [9.17, 15) is 4.39 Å². The van der Waals surface area contributed by atoms with Crippen molar-refractivity contribution in [3.63, 3.8) is 0 Å². The van der Waals surface area contributed by atoms with Gasteiger partial charge in [0.25, 0.3) is 0 Å². The second-order valence-electron chi connectivity index (χ2n) is 4.56. The molecule has 0 amide bonds. The van der Waals surface area contributed by atoms with Crippen LogP contribution in [0.25, 0.3) is 0 Å². The van der Waals surface area contributed by atoms with Crippen LogP contribution in [-0.2, 0) is 5.41 Å². The van der Waals surface area contributed by atoms with Crippen molar-refractivity contribution in [3.05, 3.63) is 33.6 Å². The van der Waals surface area contributed by atoms with Crippen LogP contribution in [0.2, 0.25) is 10.0 Å². The molecule has 0 radical (unpaired) electrons. The van der Waals surface area contributed by atoms with Crippen molar-refractivity contribution in [2.75, 3.05) is 13.1 Å². The third-order valence-electron chi connectivity index (χ3n) is 3.37. The van der Waals surface area contributed by atoms with Crippen LogP contribution in [0, 0.1) is 5.82 Å². The first-order chi connectivity index (χ1) is 7.53. The molecule has 0 atom stereocenters.